The molecular weight excluding hydrogens is 242 g/mol. The summed E-state index contributed by atoms with van der Waals surface area (Å²) in [6, 6.07) is 0. The van der Waals surface area contributed by atoms with Gasteiger partial charge >= 0.3 is 5.97 Å². The smallest absolute Gasteiger partial charge is 0.303 e. The molecule has 0 aromatic rings. The Kier molecular flexibility index (Phi) is 8.16. The molecule has 0 unspecified atom stereocenters. The lowest BCUT2D eigenvalue weighted by Gasteiger charge is -2.07. The zero-order valence-electron chi connectivity index (χ0n) is 10.6. The second-order valence-corrected chi connectivity index (χ2v) is 6.53. The Hall–Kier alpha value is -0.620. The Morgan fingerprint density at radius 3 is 2.41 bits per heavy atom. The van der Waals surface area contributed by atoms with Crippen LogP contribution < -0.4 is 4.72 Å². The Bertz CT molecular complexity index is 311. The van der Waals surface area contributed by atoms with Crippen molar-refractivity contribution < 1.29 is 18.3 Å². The van der Waals surface area contributed by atoms with Gasteiger partial charge in [0.05, 0.1) is 5.75 Å². The fraction of sp³-hybridized carbons (Fsp3) is 0.909. The first-order valence-electron chi connectivity index (χ1n) is 6.02. The van der Waals surface area contributed by atoms with Crippen LogP contribution in [0.15, 0.2) is 0 Å². The highest BCUT2D eigenvalue weighted by atomic mass is 32.2. The van der Waals surface area contributed by atoms with E-state index in [9.17, 15) is 13.2 Å². The first-order chi connectivity index (χ1) is 7.83. The maximum Gasteiger partial charge on any atom is 0.303 e. The molecule has 6 heteroatoms. The lowest BCUT2D eigenvalue weighted by atomic mass is 10.1. The van der Waals surface area contributed by atoms with Gasteiger partial charge in [0, 0.05) is 13.0 Å². The number of hydrogen-bond donors (Lipinski definition) is 2. The molecule has 2 N–H and O–H groups in total. The van der Waals surface area contributed by atoms with Crippen molar-refractivity contribution in [1.82, 2.24) is 4.72 Å². The minimum absolute atomic E-state index is 0.103. The van der Waals surface area contributed by atoms with Crippen LogP contribution in [0.1, 0.15) is 46.0 Å². The van der Waals surface area contributed by atoms with Crippen molar-refractivity contribution in [2.45, 2.75) is 46.0 Å². The molecule has 0 rings (SSSR count). The third-order valence-electron chi connectivity index (χ3n) is 2.33. The standard InChI is InChI=1S/C11H23NO4S/c1-10(2)6-3-4-8-12-17(15,16)9-5-7-11(13)14/h10,12H,3-9H2,1-2H3,(H,13,14). The summed E-state index contributed by atoms with van der Waals surface area (Å²) in [4.78, 5) is 10.2. The molecule has 0 aliphatic carbocycles. The molecule has 0 aromatic carbocycles. The third kappa shape index (κ3) is 11.6. The van der Waals surface area contributed by atoms with E-state index in [4.69, 9.17) is 5.11 Å². The van der Waals surface area contributed by atoms with E-state index < -0.39 is 16.0 Å². The maximum absolute atomic E-state index is 11.4. The van der Waals surface area contributed by atoms with E-state index in [1.165, 1.54) is 0 Å². The predicted molar refractivity (Wildman–Crippen MR) is 67.3 cm³/mol. The molecule has 0 atom stereocenters. The molecule has 0 heterocycles. The highest BCUT2D eigenvalue weighted by Crippen LogP contribution is 2.05. The van der Waals surface area contributed by atoms with Gasteiger partial charge in [0.15, 0.2) is 0 Å². The minimum Gasteiger partial charge on any atom is -0.481 e. The molecule has 0 spiro atoms. The quantitative estimate of drug-likeness (QED) is 0.588. The lowest BCUT2D eigenvalue weighted by Crippen LogP contribution is -2.27. The van der Waals surface area contributed by atoms with E-state index in [1.807, 2.05) is 0 Å². The molecule has 0 amide bonds. The van der Waals surface area contributed by atoms with Gasteiger partial charge in [-0.1, -0.05) is 26.7 Å². The topological polar surface area (TPSA) is 83.5 Å². The summed E-state index contributed by atoms with van der Waals surface area (Å²) in [5.74, 6) is -0.428. The molecule has 0 fully saturated rings. The number of aliphatic carboxylic acids is 1. The van der Waals surface area contributed by atoms with Gasteiger partial charge in [0.25, 0.3) is 0 Å². The molecular formula is C11H23NO4S. The number of nitrogens with one attached hydrogen (secondary N) is 1. The molecule has 0 aliphatic rings. The Morgan fingerprint density at radius 2 is 1.88 bits per heavy atom. The fourth-order valence-corrected chi connectivity index (χ4v) is 2.51. The van der Waals surface area contributed by atoms with Gasteiger partial charge in [-0.3, -0.25) is 4.79 Å². The van der Waals surface area contributed by atoms with Crippen LogP contribution in [0.2, 0.25) is 0 Å². The van der Waals surface area contributed by atoms with Crippen LogP contribution in [-0.2, 0) is 14.8 Å². The average molecular weight is 265 g/mol. The van der Waals surface area contributed by atoms with Crippen molar-refractivity contribution in [3.63, 3.8) is 0 Å². The van der Waals surface area contributed by atoms with E-state index in [-0.39, 0.29) is 18.6 Å². The molecule has 0 radical (unpaired) electrons. The third-order valence-corrected chi connectivity index (χ3v) is 3.80. The van der Waals surface area contributed by atoms with E-state index in [2.05, 4.69) is 18.6 Å². The number of carbonyl (C=O) groups is 1. The number of rotatable bonds is 10. The van der Waals surface area contributed by atoms with Crippen LogP contribution in [-0.4, -0.2) is 31.8 Å². The van der Waals surface area contributed by atoms with Crippen molar-refractivity contribution in [2.24, 2.45) is 5.92 Å². The average Bonchev–Trinajstić information content (AvgIpc) is 2.15. The maximum atomic E-state index is 11.4. The Morgan fingerprint density at radius 1 is 1.24 bits per heavy atom. The first-order valence-corrected chi connectivity index (χ1v) is 7.68. The zero-order chi connectivity index (χ0) is 13.3. The van der Waals surface area contributed by atoms with Gasteiger partial charge in [-0.05, 0) is 18.8 Å². The van der Waals surface area contributed by atoms with Gasteiger partial charge in [-0.2, -0.15) is 0 Å². The molecule has 102 valence electrons. The van der Waals surface area contributed by atoms with Crippen molar-refractivity contribution in [2.75, 3.05) is 12.3 Å². The van der Waals surface area contributed by atoms with Crippen molar-refractivity contribution in [3.05, 3.63) is 0 Å². The van der Waals surface area contributed by atoms with Crippen LogP contribution in [0.4, 0.5) is 0 Å². The van der Waals surface area contributed by atoms with Gasteiger partial charge in [-0.15, -0.1) is 0 Å². The van der Waals surface area contributed by atoms with E-state index in [0.29, 0.717) is 12.5 Å². The summed E-state index contributed by atoms with van der Waals surface area (Å²) in [5.41, 5.74) is 0. The fourth-order valence-electron chi connectivity index (χ4n) is 1.39. The molecule has 0 saturated heterocycles. The highest BCUT2D eigenvalue weighted by Gasteiger charge is 2.10. The summed E-state index contributed by atoms with van der Waals surface area (Å²) >= 11 is 0. The van der Waals surface area contributed by atoms with Gasteiger partial charge < -0.3 is 5.11 Å². The SMILES string of the molecule is CC(C)CCCCNS(=O)(=O)CCCC(=O)O. The first kappa shape index (κ1) is 16.4. The number of unbranched alkanes of at least 4 members (excludes halogenated alkanes) is 1. The lowest BCUT2D eigenvalue weighted by molar-refractivity contribution is -0.137. The Balaban J connectivity index is 3.61. The summed E-state index contributed by atoms with van der Waals surface area (Å²) in [6.45, 7) is 4.72. The number of sulfonamides is 1. The number of carboxylic acids is 1. The normalized spacial score (nSPS) is 11.9. The van der Waals surface area contributed by atoms with Crippen LogP contribution in [0.3, 0.4) is 0 Å². The summed E-state index contributed by atoms with van der Waals surface area (Å²) in [5, 5.41) is 8.39. The summed E-state index contributed by atoms with van der Waals surface area (Å²) in [6.07, 6.45) is 3.00. The predicted octanol–water partition coefficient (Wildman–Crippen LogP) is 1.60. The van der Waals surface area contributed by atoms with E-state index >= 15 is 0 Å². The second-order valence-electron chi connectivity index (χ2n) is 4.60. The van der Waals surface area contributed by atoms with E-state index in [1.54, 1.807) is 0 Å². The molecule has 0 bridgehead atoms. The van der Waals surface area contributed by atoms with Crippen molar-refractivity contribution >= 4 is 16.0 Å². The van der Waals surface area contributed by atoms with Crippen LogP contribution in [0.25, 0.3) is 0 Å². The molecule has 17 heavy (non-hydrogen) atoms. The molecule has 0 aromatic heterocycles. The minimum atomic E-state index is -3.29. The van der Waals surface area contributed by atoms with Gasteiger partial charge in [0.1, 0.15) is 0 Å². The Labute approximate surface area is 104 Å². The molecule has 5 nitrogen and oxygen atoms in total. The second kappa shape index (κ2) is 8.47. The van der Waals surface area contributed by atoms with Gasteiger partial charge in [-0.25, -0.2) is 13.1 Å². The van der Waals surface area contributed by atoms with Crippen molar-refractivity contribution in [1.29, 1.82) is 0 Å². The monoisotopic (exact) mass is 265 g/mol. The van der Waals surface area contributed by atoms with Crippen molar-refractivity contribution in [3.8, 4) is 0 Å². The van der Waals surface area contributed by atoms with E-state index in [0.717, 1.165) is 19.3 Å². The zero-order valence-corrected chi connectivity index (χ0v) is 11.4. The van der Waals surface area contributed by atoms with Crippen LogP contribution in [0, 0.1) is 5.92 Å². The summed E-state index contributed by atoms with van der Waals surface area (Å²) < 4.78 is 25.3. The van der Waals surface area contributed by atoms with Gasteiger partial charge in [0.2, 0.25) is 10.0 Å². The highest BCUT2D eigenvalue weighted by molar-refractivity contribution is 7.89. The molecule has 0 saturated carbocycles. The van der Waals surface area contributed by atoms with Crippen LogP contribution in [0.5, 0.6) is 0 Å². The largest absolute Gasteiger partial charge is 0.481 e. The number of hydrogen-bond acceptors (Lipinski definition) is 3. The number of carboxylic acid groups (broad SMARTS) is 1. The summed E-state index contributed by atoms with van der Waals surface area (Å²) in [7, 11) is -3.29. The molecule has 0 aliphatic heterocycles. The van der Waals surface area contributed by atoms with Crippen LogP contribution >= 0.6 is 0 Å².